The van der Waals surface area contributed by atoms with Crippen LogP contribution in [0.1, 0.15) is 12.5 Å². The number of hydrogen-bond acceptors (Lipinski definition) is 4. The van der Waals surface area contributed by atoms with E-state index in [2.05, 4.69) is 4.90 Å². The minimum Gasteiger partial charge on any atom is -0.332 e. The molecule has 1 fully saturated rings. The van der Waals surface area contributed by atoms with Gasteiger partial charge in [-0.3, -0.25) is 14.5 Å². The second-order valence-corrected chi connectivity index (χ2v) is 5.81. The number of nitrogens with two attached hydrogens (primary N) is 1. The first-order valence-corrected chi connectivity index (χ1v) is 8.16. The second kappa shape index (κ2) is 8.08. The number of benzene rings is 1. The number of rotatable bonds is 4. The minimum absolute atomic E-state index is 0.416. The third-order valence-electron chi connectivity index (χ3n) is 4.16. The van der Waals surface area contributed by atoms with E-state index in [9.17, 15) is 9.59 Å². The maximum absolute atomic E-state index is 12.6. The van der Waals surface area contributed by atoms with Crippen molar-refractivity contribution in [3.8, 4) is 0 Å². The fraction of sp³-hybridized carbons (Fsp3) is 0.529. The van der Waals surface area contributed by atoms with Gasteiger partial charge in [-0.2, -0.15) is 0 Å². The van der Waals surface area contributed by atoms with Crippen LogP contribution >= 0.6 is 0 Å². The fourth-order valence-corrected chi connectivity index (χ4v) is 2.85. The highest BCUT2D eigenvalue weighted by atomic mass is 16.2. The molecule has 0 aliphatic carbocycles. The van der Waals surface area contributed by atoms with E-state index in [0.29, 0.717) is 26.2 Å². The Bertz CT molecular complexity index is 553. The molecule has 2 rings (SSSR count). The van der Waals surface area contributed by atoms with E-state index < -0.39 is 11.8 Å². The zero-order chi connectivity index (χ0) is 16.8. The Morgan fingerprint density at radius 1 is 1.22 bits per heavy atom. The monoisotopic (exact) mass is 318 g/mol. The van der Waals surface area contributed by atoms with Gasteiger partial charge in [0.25, 0.3) is 0 Å². The Labute approximate surface area is 137 Å². The van der Waals surface area contributed by atoms with Crippen molar-refractivity contribution in [2.75, 3.05) is 50.7 Å². The van der Waals surface area contributed by atoms with Gasteiger partial charge in [-0.1, -0.05) is 12.1 Å². The molecule has 0 radical (unpaired) electrons. The van der Waals surface area contributed by atoms with Crippen LogP contribution < -0.4 is 10.6 Å². The smallest absolute Gasteiger partial charge is 0.316 e. The summed E-state index contributed by atoms with van der Waals surface area (Å²) < 4.78 is 0. The van der Waals surface area contributed by atoms with Crippen molar-refractivity contribution >= 4 is 17.5 Å². The number of carbonyl (C=O) groups excluding carboxylic acids is 2. The summed E-state index contributed by atoms with van der Waals surface area (Å²) in [5, 5.41) is 0. The van der Waals surface area contributed by atoms with E-state index >= 15 is 0 Å². The van der Waals surface area contributed by atoms with Crippen LogP contribution in [0, 0.1) is 6.92 Å². The second-order valence-electron chi connectivity index (χ2n) is 5.81. The molecule has 23 heavy (non-hydrogen) atoms. The Hall–Kier alpha value is -1.92. The summed E-state index contributed by atoms with van der Waals surface area (Å²) in [4.78, 5) is 30.5. The number of hydrogen-bond donors (Lipinski definition) is 1. The van der Waals surface area contributed by atoms with Gasteiger partial charge in [-0.05, 0) is 31.5 Å². The lowest BCUT2D eigenvalue weighted by atomic mass is 10.2. The maximum atomic E-state index is 12.6. The quantitative estimate of drug-likeness (QED) is 0.819. The summed E-state index contributed by atoms with van der Waals surface area (Å²) in [5.41, 5.74) is 7.39. The number of carbonyl (C=O) groups is 2. The molecular weight excluding hydrogens is 292 g/mol. The molecule has 0 spiro atoms. The molecule has 1 aromatic carbocycles. The van der Waals surface area contributed by atoms with E-state index in [-0.39, 0.29) is 0 Å². The predicted octanol–water partition coefficient (Wildman–Crippen LogP) is 0.451. The number of amides is 2. The van der Waals surface area contributed by atoms with E-state index in [4.69, 9.17) is 5.73 Å². The van der Waals surface area contributed by atoms with Crippen molar-refractivity contribution < 1.29 is 9.59 Å². The van der Waals surface area contributed by atoms with Crippen LogP contribution in [-0.4, -0.2) is 67.4 Å². The molecule has 0 bridgehead atoms. The van der Waals surface area contributed by atoms with Gasteiger partial charge in [0.2, 0.25) is 0 Å². The van der Waals surface area contributed by atoms with Crippen LogP contribution in [0.4, 0.5) is 5.69 Å². The van der Waals surface area contributed by atoms with E-state index in [1.54, 1.807) is 9.80 Å². The molecule has 0 aromatic heterocycles. The molecule has 1 heterocycles. The van der Waals surface area contributed by atoms with Crippen LogP contribution in [0.25, 0.3) is 0 Å². The van der Waals surface area contributed by atoms with Gasteiger partial charge < -0.3 is 15.5 Å². The van der Waals surface area contributed by atoms with Gasteiger partial charge in [0.1, 0.15) is 0 Å². The molecule has 6 nitrogen and oxygen atoms in total. The summed E-state index contributed by atoms with van der Waals surface area (Å²) in [5.74, 6) is -0.869. The van der Waals surface area contributed by atoms with Gasteiger partial charge in [0.15, 0.2) is 0 Å². The molecule has 1 aliphatic rings. The highest BCUT2D eigenvalue weighted by molar-refractivity contribution is 6.40. The normalized spacial score (nSPS) is 15.5. The SMILES string of the molecule is CCN(C(=O)C(=O)N1CCN(CCN)CC1)c1cccc(C)c1. The molecule has 0 unspecified atom stereocenters. The van der Waals surface area contributed by atoms with Crippen LogP contribution in [0.5, 0.6) is 0 Å². The average molecular weight is 318 g/mol. The Morgan fingerprint density at radius 2 is 1.91 bits per heavy atom. The molecule has 0 saturated carbocycles. The molecule has 2 N–H and O–H groups in total. The first-order valence-electron chi connectivity index (χ1n) is 8.16. The fourth-order valence-electron chi connectivity index (χ4n) is 2.85. The zero-order valence-corrected chi connectivity index (χ0v) is 14.0. The maximum Gasteiger partial charge on any atom is 0.316 e. The van der Waals surface area contributed by atoms with Crippen LogP contribution in [0.3, 0.4) is 0 Å². The standard InChI is InChI=1S/C17H26N4O2/c1-3-21(15-6-4-5-14(2)13-15)17(23)16(22)20-11-9-19(8-7-18)10-12-20/h4-6,13H,3,7-12,18H2,1-2H3. The number of nitrogens with zero attached hydrogens (tertiary/aromatic N) is 3. The first-order chi connectivity index (χ1) is 11.1. The number of piperazine rings is 1. The lowest BCUT2D eigenvalue weighted by molar-refractivity contribution is -0.145. The van der Waals surface area contributed by atoms with E-state index in [1.807, 2.05) is 38.1 Å². The largest absolute Gasteiger partial charge is 0.332 e. The molecule has 1 aliphatic heterocycles. The first kappa shape index (κ1) is 17.4. The van der Waals surface area contributed by atoms with Crippen LogP contribution in [-0.2, 0) is 9.59 Å². The summed E-state index contributed by atoms with van der Waals surface area (Å²) >= 11 is 0. The zero-order valence-electron chi connectivity index (χ0n) is 14.0. The van der Waals surface area contributed by atoms with Gasteiger partial charge in [-0.15, -0.1) is 0 Å². The lowest BCUT2D eigenvalue weighted by Gasteiger charge is -2.35. The summed E-state index contributed by atoms with van der Waals surface area (Å²) in [6, 6.07) is 7.66. The number of likely N-dealkylation sites (N-methyl/N-ethyl adjacent to an activating group) is 1. The molecule has 0 atom stereocenters. The molecular formula is C17H26N4O2. The van der Waals surface area contributed by atoms with E-state index in [1.165, 1.54) is 0 Å². The van der Waals surface area contributed by atoms with Crippen molar-refractivity contribution in [3.63, 3.8) is 0 Å². The lowest BCUT2D eigenvalue weighted by Crippen LogP contribution is -2.54. The third kappa shape index (κ3) is 4.30. The molecule has 6 heteroatoms. The van der Waals surface area contributed by atoms with Crippen molar-refractivity contribution in [1.29, 1.82) is 0 Å². The van der Waals surface area contributed by atoms with Gasteiger partial charge in [-0.25, -0.2) is 0 Å². The molecule has 1 aromatic rings. The summed E-state index contributed by atoms with van der Waals surface area (Å²) in [7, 11) is 0. The van der Waals surface area contributed by atoms with Crippen molar-refractivity contribution in [2.24, 2.45) is 5.73 Å². The average Bonchev–Trinajstić information content (AvgIpc) is 2.56. The third-order valence-corrected chi connectivity index (χ3v) is 4.16. The van der Waals surface area contributed by atoms with Crippen LogP contribution in [0.15, 0.2) is 24.3 Å². The number of anilines is 1. The van der Waals surface area contributed by atoms with Crippen molar-refractivity contribution in [2.45, 2.75) is 13.8 Å². The van der Waals surface area contributed by atoms with Gasteiger partial charge in [0.05, 0.1) is 0 Å². The minimum atomic E-state index is -0.453. The highest BCUT2D eigenvalue weighted by Gasteiger charge is 2.29. The predicted molar refractivity (Wildman–Crippen MR) is 91.3 cm³/mol. The van der Waals surface area contributed by atoms with Crippen molar-refractivity contribution in [1.82, 2.24) is 9.80 Å². The van der Waals surface area contributed by atoms with Gasteiger partial charge in [0, 0.05) is 51.5 Å². The van der Waals surface area contributed by atoms with Gasteiger partial charge >= 0.3 is 11.8 Å². The van der Waals surface area contributed by atoms with Crippen molar-refractivity contribution in [3.05, 3.63) is 29.8 Å². The highest BCUT2D eigenvalue weighted by Crippen LogP contribution is 2.17. The topological polar surface area (TPSA) is 69.9 Å². The Kier molecular flexibility index (Phi) is 6.12. The van der Waals surface area contributed by atoms with Crippen LogP contribution in [0.2, 0.25) is 0 Å². The summed E-state index contributed by atoms with van der Waals surface area (Å²) in [6.07, 6.45) is 0. The summed E-state index contributed by atoms with van der Waals surface area (Å²) in [6.45, 7) is 8.48. The molecule has 126 valence electrons. The molecule has 2 amide bonds. The number of aryl methyl sites for hydroxylation is 1. The Balaban J connectivity index is 2.02. The Morgan fingerprint density at radius 3 is 2.48 bits per heavy atom. The molecule has 1 saturated heterocycles. The van der Waals surface area contributed by atoms with E-state index in [0.717, 1.165) is 30.9 Å².